The summed E-state index contributed by atoms with van der Waals surface area (Å²) in [6.07, 6.45) is 1.70. The van der Waals surface area contributed by atoms with Gasteiger partial charge in [-0.15, -0.1) is 0 Å². The largest absolute Gasteiger partial charge is 0.364 e. The Labute approximate surface area is 99.3 Å². The quantitative estimate of drug-likeness (QED) is 0.844. The lowest BCUT2D eigenvalue weighted by molar-refractivity contribution is 0.0993. The van der Waals surface area contributed by atoms with Gasteiger partial charge in [-0.25, -0.2) is 4.98 Å². The fourth-order valence-corrected chi connectivity index (χ4v) is 1.87. The lowest BCUT2D eigenvalue weighted by Crippen LogP contribution is -2.18. The molecule has 2 rings (SSSR count). The summed E-state index contributed by atoms with van der Waals surface area (Å²) in [7, 11) is 0. The lowest BCUT2D eigenvalue weighted by Gasteiger charge is -2.08. The Morgan fingerprint density at radius 2 is 2.00 bits per heavy atom. The van der Waals surface area contributed by atoms with Crippen molar-refractivity contribution >= 4 is 5.91 Å². The molecule has 0 spiro atoms. The molecule has 0 aromatic carbocycles. The third-order valence-corrected chi connectivity index (χ3v) is 2.61. The fourth-order valence-electron chi connectivity index (χ4n) is 1.87. The summed E-state index contributed by atoms with van der Waals surface area (Å²) < 4.78 is 1.73. The Kier molecular flexibility index (Phi) is 2.67. The molecule has 0 fully saturated rings. The van der Waals surface area contributed by atoms with Crippen molar-refractivity contribution < 1.29 is 4.79 Å². The van der Waals surface area contributed by atoms with E-state index >= 15 is 0 Å². The van der Waals surface area contributed by atoms with Gasteiger partial charge in [0.25, 0.3) is 5.91 Å². The number of nitrogens with two attached hydrogens (primary N) is 1. The fraction of sp³-hybridized carbons (Fsp3) is 0.250. The second-order valence-electron chi connectivity index (χ2n) is 3.95. The Balaban J connectivity index is 2.66. The van der Waals surface area contributed by atoms with Gasteiger partial charge in [-0.3, -0.25) is 14.3 Å². The van der Waals surface area contributed by atoms with Crippen molar-refractivity contribution in [3.63, 3.8) is 0 Å². The zero-order valence-corrected chi connectivity index (χ0v) is 10.1. The zero-order chi connectivity index (χ0) is 12.6. The van der Waals surface area contributed by atoms with Crippen molar-refractivity contribution in [2.75, 3.05) is 0 Å². The number of hydrogen-bond acceptors (Lipinski definition) is 3. The van der Waals surface area contributed by atoms with E-state index in [1.54, 1.807) is 17.7 Å². The molecule has 1 amide bonds. The Morgan fingerprint density at radius 3 is 2.53 bits per heavy atom. The van der Waals surface area contributed by atoms with Gasteiger partial charge in [0.15, 0.2) is 0 Å². The van der Waals surface area contributed by atoms with E-state index in [9.17, 15) is 4.79 Å². The average Bonchev–Trinajstić information content (AvgIpc) is 2.55. The highest BCUT2D eigenvalue weighted by atomic mass is 16.1. The van der Waals surface area contributed by atoms with Crippen molar-refractivity contribution in [1.29, 1.82) is 0 Å². The predicted molar refractivity (Wildman–Crippen MR) is 64.1 cm³/mol. The summed E-state index contributed by atoms with van der Waals surface area (Å²) in [6.45, 7) is 5.51. The summed E-state index contributed by atoms with van der Waals surface area (Å²) in [5.41, 5.74) is 8.14. The first kappa shape index (κ1) is 11.3. The van der Waals surface area contributed by atoms with Crippen molar-refractivity contribution in [1.82, 2.24) is 14.5 Å². The van der Waals surface area contributed by atoms with Crippen LogP contribution in [0.2, 0.25) is 0 Å². The molecule has 0 bridgehead atoms. The van der Waals surface area contributed by atoms with E-state index in [1.807, 2.05) is 26.0 Å². The van der Waals surface area contributed by atoms with Crippen LogP contribution in [0.5, 0.6) is 0 Å². The second kappa shape index (κ2) is 4.01. The smallest absolute Gasteiger partial charge is 0.267 e. The average molecular weight is 230 g/mol. The SMILES string of the molecule is Cc1ccc(-n2c(C)nc(C)c2C(N)=O)cn1. The molecule has 0 aliphatic heterocycles. The first-order valence-corrected chi connectivity index (χ1v) is 5.29. The van der Waals surface area contributed by atoms with E-state index in [-0.39, 0.29) is 0 Å². The van der Waals surface area contributed by atoms with Gasteiger partial charge in [-0.1, -0.05) is 0 Å². The summed E-state index contributed by atoms with van der Waals surface area (Å²) in [4.78, 5) is 19.9. The number of primary amides is 1. The molecule has 0 unspecified atom stereocenters. The molecular formula is C12H14N4O. The van der Waals surface area contributed by atoms with Crippen molar-refractivity contribution in [2.24, 2.45) is 5.73 Å². The van der Waals surface area contributed by atoms with Gasteiger partial charge in [-0.2, -0.15) is 0 Å². The number of rotatable bonds is 2. The molecular weight excluding hydrogens is 216 g/mol. The van der Waals surface area contributed by atoms with Gasteiger partial charge in [0.2, 0.25) is 0 Å². The van der Waals surface area contributed by atoms with Gasteiger partial charge in [0, 0.05) is 5.69 Å². The van der Waals surface area contributed by atoms with Crippen LogP contribution in [0.15, 0.2) is 18.3 Å². The van der Waals surface area contributed by atoms with Crippen molar-refractivity contribution in [3.8, 4) is 5.69 Å². The van der Waals surface area contributed by atoms with E-state index in [0.717, 1.165) is 17.2 Å². The molecule has 2 aromatic rings. The number of carbonyl (C=O) groups is 1. The number of imidazole rings is 1. The molecule has 0 saturated carbocycles. The number of pyridine rings is 1. The third kappa shape index (κ3) is 1.91. The van der Waals surface area contributed by atoms with Crippen LogP contribution in [0.4, 0.5) is 0 Å². The molecule has 0 aliphatic carbocycles. The van der Waals surface area contributed by atoms with Crippen molar-refractivity contribution in [2.45, 2.75) is 20.8 Å². The number of nitrogens with zero attached hydrogens (tertiary/aromatic N) is 3. The first-order chi connectivity index (χ1) is 8.00. The summed E-state index contributed by atoms with van der Waals surface area (Å²) in [5.74, 6) is 0.241. The predicted octanol–water partition coefficient (Wildman–Crippen LogP) is 1.29. The number of aromatic nitrogens is 3. The normalized spacial score (nSPS) is 10.5. The maximum absolute atomic E-state index is 11.4. The first-order valence-electron chi connectivity index (χ1n) is 5.29. The molecule has 0 aliphatic rings. The Hall–Kier alpha value is -2.17. The monoisotopic (exact) mass is 230 g/mol. The topological polar surface area (TPSA) is 73.8 Å². The van der Waals surface area contributed by atoms with Gasteiger partial charge in [-0.05, 0) is 32.9 Å². The van der Waals surface area contributed by atoms with Crippen LogP contribution in [-0.4, -0.2) is 20.4 Å². The minimum atomic E-state index is -0.483. The molecule has 88 valence electrons. The van der Waals surface area contributed by atoms with E-state index in [4.69, 9.17) is 5.73 Å². The number of aryl methyl sites for hydroxylation is 3. The van der Waals surface area contributed by atoms with Gasteiger partial charge >= 0.3 is 0 Å². The summed E-state index contributed by atoms with van der Waals surface area (Å²) in [5, 5.41) is 0. The van der Waals surface area contributed by atoms with Crippen LogP contribution in [0, 0.1) is 20.8 Å². The molecule has 2 N–H and O–H groups in total. The highest BCUT2D eigenvalue weighted by Crippen LogP contribution is 2.17. The van der Waals surface area contributed by atoms with Crippen LogP contribution in [0.3, 0.4) is 0 Å². The molecule has 0 saturated heterocycles. The number of hydrogen-bond donors (Lipinski definition) is 1. The van der Waals surface area contributed by atoms with Crippen LogP contribution >= 0.6 is 0 Å². The van der Waals surface area contributed by atoms with Crippen LogP contribution in [0.1, 0.15) is 27.7 Å². The standard InChI is InChI=1S/C12H14N4O/c1-7-4-5-10(6-14-7)16-9(3)15-8(2)11(16)12(13)17/h4-6H,1-3H3,(H2,13,17). The minimum absolute atomic E-state index is 0.410. The molecule has 0 radical (unpaired) electrons. The highest BCUT2D eigenvalue weighted by molar-refractivity contribution is 5.93. The van der Waals surface area contributed by atoms with Crippen LogP contribution in [0.25, 0.3) is 5.69 Å². The molecule has 5 nitrogen and oxygen atoms in total. The summed E-state index contributed by atoms with van der Waals surface area (Å²) in [6, 6.07) is 3.78. The number of amides is 1. The summed E-state index contributed by atoms with van der Waals surface area (Å²) >= 11 is 0. The Bertz CT molecular complexity index is 569. The van der Waals surface area contributed by atoms with E-state index < -0.39 is 5.91 Å². The molecule has 2 heterocycles. The molecule has 2 aromatic heterocycles. The van der Waals surface area contributed by atoms with Crippen LogP contribution < -0.4 is 5.73 Å². The molecule has 17 heavy (non-hydrogen) atoms. The van der Waals surface area contributed by atoms with Crippen molar-refractivity contribution in [3.05, 3.63) is 41.2 Å². The maximum Gasteiger partial charge on any atom is 0.267 e. The van der Waals surface area contributed by atoms with E-state index in [0.29, 0.717) is 11.4 Å². The number of carbonyl (C=O) groups excluding carboxylic acids is 1. The van der Waals surface area contributed by atoms with E-state index in [2.05, 4.69) is 9.97 Å². The van der Waals surface area contributed by atoms with Gasteiger partial charge in [0.1, 0.15) is 11.5 Å². The molecule has 5 heteroatoms. The zero-order valence-electron chi connectivity index (χ0n) is 10.1. The van der Waals surface area contributed by atoms with Crippen LogP contribution in [-0.2, 0) is 0 Å². The van der Waals surface area contributed by atoms with Gasteiger partial charge < -0.3 is 5.73 Å². The third-order valence-electron chi connectivity index (χ3n) is 2.61. The van der Waals surface area contributed by atoms with Gasteiger partial charge in [0.05, 0.1) is 17.6 Å². The minimum Gasteiger partial charge on any atom is -0.364 e. The second-order valence-corrected chi connectivity index (χ2v) is 3.95. The molecule has 0 atom stereocenters. The lowest BCUT2D eigenvalue weighted by atomic mass is 10.3. The van der Waals surface area contributed by atoms with E-state index in [1.165, 1.54) is 0 Å². The Morgan fingerprint density at radius 1 is 1.29 bits per heavy atom. The maximum atomic E-state index is 11.4. The highest BCUT2D eigenvalue weighted by Gasteiger charge is 2.17.